The lowest BCUT2D eigenvalue weighted by Gasteiger charge is -1.76. The lowest BCUT2D eigenvalue weighted by molar-refractivity contribution is 0.110. The van der Waals surface area contributed by atoms with Gasteiger partial charge < -0.3 is 5.21 Å². The molecule has 0 aliphatic rings. The van der Waals surface area contributed by atoms with Crippen LogP contribution in [0.4, 0.5) is 0 Å². The summed E-state index contributed by atoms with van der Waals surface area (Å²) in [5.41, 5.74) is -0.414. The van der Waals surface area contributed by atoms with E-state index in [1.165, 1.54) is 0 Å². The summed E-state index contributed by atoms with van der Waals surface area (Å²) in [5, 5.41) is 13.3. The van der Waals surface area contributed by atoms with Crippen LogP contribution in [0.2, 0.25) is 0 Å². The summed E-state index contributed by atoms with van der Waals surface area (Å²) in [6.07, 6.45) is 0.972. The fourth-order valence-electron chi connectivity index (χ4n) is 0.263. The van der Waals surface area contributed by atoms with Crippen LogP contribution in [0.5, 0.6) is 0 Å². The van der Waals surface area contributed by atoms with Crippen molar-refractivity contribution in [1.82, 2.24) is 15.2 Å². The standard InChI is InChI=1S/C2H3N3O2/c6-2-1-3-5(7)4-2/h1,7H,(H,4,6). The topological polar surface area (TPSA) is 70.9 Å². The molecule has 7 heavy (non-hydrogen) atoms. The summed E-state index contributed by atoms with van der Waals surface area (Å²) in [4.78, 5) is 10.3. The van der Waals surface area contributed by atoms with Crippen molar-refractivity contribution in [3.63, 3.8) is 0 Å². The van der Waals surface area contributed by atoms with E-state index in [0.29, 0.717) is 4.96 Å². The molecule has 1 rings (SSSR count). The Hall–Kier alpha value is -1.26. The van der Waals surface area contributed by atoms with Gasteiger partial charge in [0.05, 0.1) is 0 Å². The average molecular weight is 101 g/mol. The normalized spacial score (nSPS) is 9.14. The quantitative estimate of drug-likeness (QED) is 0.403. The Bertz CT molecular complexity index is 199. The molecule has 0 radical (unpaired) electrons. The van der Waals surface area contributed by atoms with Crippen LogP contribution in [-0.2, 0) is 0 Å². The minimum atomic E-state index is -0.414. The maximum absolute atomic E-state index is 9.99. The van der Waals surface area contributed by atoms with Gasteiger partial charge in [0.2, 0.25) is 0 Å². The zero-order valence-corrected chi connectivity index (χ0v) is 3.33. The number of aromatic amines is 1. The molecule has 0 spiro atoms. The highest BCUT2D eigenvalue weighted by Gasteiger charge is 1.82. The van der Waals surface area contributed by atoms with Gasteiger partial charge in [-0.2, -0.15) is 0 Å². The van der Waals surface area contributed by atoms with E-state index in [1.54, 1.807) is 0 Å². The fraction of sp³-hybridized carbons (Fsp3) is 0. The summed E-state index contributed by atoms with van der Waals surface area (Å²) >= 11 is 0. The van der Waals surface area contributed by atoms with Crippen LogP contribution < -0.4 is 5.56 Å². The Labute approximate surface area is 38.1 Å². The van der Waals surface area contributed by atoms with Gasteiger partial charge in [0.15, 0.2) is 0 Å². The minimum Gasteiger partial charge on any atom is -0.398 e. The van der Waals surface area contributed by atoms with E-state index < -0.39 is 5.56 Å². The van der Waals surface area contributed by atoms with Crippen molar-refractivity contribution in [2.45, 2.75) is 0 Å². The second-order valence-electron chi connectivity index (χ2n) is 1.01. The van der Waals surface area contributed by atoms with Gasteiger partial charge in [0.1, 0.15) is 6.20 Å². The lowest BCUT2D eigenvalue weighted by Crippen LogP contribution is -2.01. The van der Waals surface area contributed by atoms with Gasteiger partial charge >= 0.3 is 0 Å². The molecule has 0 saturated carbocycles. The van der Waals surface area contributed by atoms with Crippen LogP contribution in [0, 0.1) is 0 Å². The summed E-state index contributed by atoms with van der Waals surface area (Å²) in [7, 11) is 0. The molecule has 0 bridgehead atoms. The maximum Gasteiger partial charge on any atom is 0.286 e. The third-order valence-corrected chi connectivity index (χ3v) is 0.495. The first kappa shape index (κ1) is 3.91. The molecule has 0 amide bonds. The zero-order valence-electron chi connectivity index (χ0n) is 3.33. The number of nitrogens with one attached hydrogen (secondary N) is 1. The number of H-pyrrole nitrogens is 1. The van der Waals surface area contributed by atoms with E-state index in [9.17, 15) is 4.79 Å². The summed E-state index contributed by atoms with van der Waals surface area (Å²) in [6.45, 7) is 0. The van der Waals surface area contributed by atoms with Gasteiger partial charge in [-0.15, -0.1) is 5.10 Å². The van der Waals surface area contributed by atoms with Gasteiger partial charge in [-0.1, -0.05) is 0 Å². The molecule has 38 valence electrons. The molecule has 1 aromatic rings. The number of hydrogen-bond acceptors (Lipinski definition) is 3. The van der Waals surface area contributed by atoms with E-state index in [0.717, 1.165) is 6.20 Å². The first-order valence-corrected chi connectivity index (χ1v) is 1.62. The smallest absolute Gasteiger partial charge is 0.286 e. The van der Waals surface area contributed by atoms with Crippen molar-refractivity contribution < 1.29 is 5.21 Å². The van der Waals surface area contributed by atoms with E-state index in [-0.39, 0.29) is 0 Å². The number of nitrogens with zero attached hydrogens (tertiary/aromatic N) is 2. The Morgan fingerprint density at radius 2 is 2.71 bits per heavy atom. The molecule has 0 aromatic carbocycles. The molecule has 1 aromatic heterocycles. The summed E-state index contributed by atoms with van der Waals surface area (Å²) in [6, 6.07) is 0. The molecule has 0 unspecified atom stereocenters. The predicted molar refractivity (Wildman–Crippen MR) is 20.0 cm³/mol. The predicted octanol–water partition coefficient (Wildman–Crippen LogP) is -1.19. The minimum absolute atomic E-state index is 0.350. The second kappa shape index (κ2) is 1.11. The molecule has 2 N–H and O–H groups in total. The van der Waals surface area contributed by atoms with E-state index >= 15 is 0 Å². The third-order valence-electron chi connectivity index (χ3n) is 0.495. The van der Waals surface area contributed by atoms with Crippen LogP contribution in [0.25, 0.3) is 0 Å². The molecule has 0 saturated heterocycles. The second-order valence-corrected chi connectivity index (χ2v) is 1.01. The van der Waals surface area contributed by atoms with Gasteiger partial charge in [-0.05, 0) is 4.96 Å². The van der Waals surface area contributed by atoms with E-state index in [2.05, 4.69) is 5.10 Å². The van der Waals surface area contributed by atoms with E-state index in [4.69, 9.17) is 5.21 Å². The lowest BCUT2D eigenvalue weighted by atomic mass is 10.9. The number of rotatable bonds is 0. The first-order valence-electron chi connectivity index (χ1n) is 1.62. The molecule has 0 fully saturated rings. The van der Waals surface area contributed by atoms with Crippen LogP contribution >= 0.6 is 0 Å². The third kappa shape index (κ3) is 0.594. The Morgan fingerprint density at radius 1 is 2.00 bits per heavy atom. The maximum atomic E-state index is 9.99. The van der Waals surface area contributed by atoms with Crippen LogP contribution in [-0.4, -0.2) is 20.4 Å². The SMILES string of the molecule is O=c1cnn(O)[nH]1. The molecule has 0 atom stereocenters. The van der Waals surface area contributed by atoms with Crippen LogP contribution in [0.15, 0.2) is 11.0 Å². The highest BCUT2D eigenvalue weighted by Crippen LogP contribution is 1.53. The Balaban J connectivity index is 3.30. The molecule has 0 aliphatic heterocycles. The van der Waals surface area contributed by atoms with Crippen molar-refractivity contribution in [2.24, 2.45) is 0 Å². The molecular formula is C2H3N3O2. The summed E-state index contributed by atoms with van der Waals surface area (Å²) < 4.78 is 0. The largest absolute Gasteiger partial charge is 0.398 e. The zero-order chi connectivity index (χ0) is 5.28. The van der Waals surface area contributed by atoms with Crippen molar-refractivity contribution in [2.75, 3.05) is 0 Å². The highest BCUT2D eigenvalue weighted by atomic mass is 16.5. The van der Waals surface area contributed by atoms with Crippen molar-refractivity contribution >= 4 is 0 Å². The number of aromatic nitrogens is 3. The van der Waals surface area contributed by atoms with Gasteiger partial charge in [-0.3, -0.25) is 4.79 Å². The van der Waals surface area contributed by atoms with Gasteiger partial charge in [0, 0.05) is 0 Å². The van der Waals surface area contributed by atoms with Crippen LogP contribution in [0.3, 0.4) is 0 Å². The van der Waals surface area contributed by atoms with E-state index in [1.807, 2.05) is 5.10 Å². The van der Waals surface area contributed by atoms with Gasteiger partial charge in [0.25, 0.3) is 5.56 Å². The Kier molecular flexibility index (Phi) is 0.619. The summed E-state index contributed by atoms with van der Waals surface area (Å²) in [5.74, 6) is 0. The van der Waals surface area contributed by atoms with Crippen molar-refractivity contribution in [3.05, 3.63) is 16.6 Å². The van der Waals surface area contributed by atoms with Gasteiger partial charge in [-0.25, -0.2) is 5.10 Å². The Morgan fingerprint density at radius 3 is 2.86 bits per heavy atom. The molecule has 5 heteroatoms. The first-order chi connectivity index (χ1) is 3.29. The molecule has 1 heterocycles. The fourth-order valence-corrected chi connectivity index (χ4v) is 0.263. The van der Waals surface area contributed by atoms with Crippen molar-refractivity contribution in [3.8, 4) is 0 Å². The van der Waals surface area contributed by atoms with Crippen LogP contribution in [0.1, 0.15) is 0 Å². The average Bonchev–Trinajstić information content (AvgIpc) is 1.87. The molecule has 0 aliphatic carbocycles. The highest BCUT2D eigenvalue weighted by molar-refractivity contribution is 4.61. The molecular weight excluding hydrogens is 98.0 g/mol. The molecule has 5 nitrogen and oxygen atoms in total. The monoisotopic (exact) mass is 101 g/mol. The van der Waals surface area contributed by atoms with Crippen molar-refractivity contribution in [1.29, 1.82) is 0 Å². The number of hydrogen-bond donors (Lipinski definition) is 2.